The van der Waals surface area contributed by atoms with E-state index in [0.29, 0.717) is 17.1 Å². The summed E-state index contributed by atoms with van der Waals surface area (Å²) in [5, 5.41) is 22.1. The monoisotopic (exact) mass is 409 g/mol. The molecule has 30 heavy (non-hydrogen) atoms. The minimum atomic E-state index is -1.12. The number of hydrogen-bond donors (Lipinski definition) is 2. The predicted molar refractivity (Wildman–Crippen MR) is 109 cm³/mol. The number of fused-ring (bicyclic) bond motifs is 3. The number of hydrogen-bond acceptors (Lipinski definition) is 6. The van der Waals surface area contributed by atoms with Crippen molar-refractivity contribution in [2.75, 3.05) is 6.54 Å². The molecular formula is C22H24FN5O2. The summed E-state index contributed by atoms with van der Waals surface area (Å²) in [6, 6.07) is 8.69. The summed E-state index contributed by atoms with van der Waals surface area (Å²) in [6.07, 6.45) is 5.14. The number of ether oxygens (including phenoxy) is 1. The number of aromatic hydroxyl groups is 1. The van der Waals surface area contributed by atoms with Crippen molar-refractivity contribution in [1.82, 2.24) is 25.1 Å². The molecule has 0 amide bonds. The van der Waals surface area contributed by atoms with Crippen molar-refractivity contribution in [1.29, 1.82) is 0 Å². The largest absolute Gasteiger partial charge is 0.507 e. The van der Waals surface area contributed by atoms with E-state index in [9.17, 15) is 5.11 Å². The molecule has 2 aliphatic heterocycles. The Bertz CT molecular complexity index is 1050. The molecule has 0 unspecified atom stereocenters. The fraction of sp³-hybridized carbons (Fsp3) is 0.409. The first-order valence-corrected chi connectivity index (χ1v) is 10.1. The summed E-state index contributed by atoms with van der Waals surface area (Å²) < 4.78 is 22.9. The van der Waals surface area contributed by atoms with Crippen LogP contribution in [0.3, 0.4) is 0 Å². The Morgan fingerprint density at radius 3 is 2.70 bits per heavy atom. The molecule has 156 valence electrons. The number of phenolic OH excluding ortho intramolecular Hbond substituents is 1. The van der Waals surface area contributed by atoms with Gasteiger partial charge in [0.15, 0.2) is 6.17 Å². The molecule has 2 N–H and O–H groups in total. The summed E-state index contributed by atoms with van der Waals surface area (Å²) in [4.78, 5) is 4.01. The summed E-state index contributed by atoms with van der Waals surface area (Å²) in [5.41, 5.74) is 1.02. The van der Waals surface area contributed by atoms with E-state index in [1.165, 1.54) is 0 Å². The van der Waals surface area contributed by atoms with Gasteiger partial charge in [-0.2, -0.15) is 0 Å². The number of piperidine rings is 2. The average Bonchev–Trinajstić information content (AvgIpc) is 3.28. The van der Waals surface area contributed by atoms with Gasteiger partial charge in [0.25, 0.3) is 0 Å². The highest BCUT2D eigenvalue weighted by Crippen LogP contribution is 2.48. The standard InChI is InChI=1S/C22H24FN5O2/c1-21-7-8-22(2,25-12-21)19(23)20(21)30-18-6-5-16(26-27-18)15-4-3-14(11-17(15)29)28-10-9-24-13-28/h3-6,9-11,13,19-20,25,29H,7-8,12H2,1-2H3/t19-,20-,21+,22+/m1/s1. The highest BCUT2D eigenvalue weighted by Gasteiger charge is 2.58. The van der Waals surface area contributed by atoms with Crippen LogP contribution in [0.2, 0.25) is 0 Å². The zero-order chi connectivity index (χ0) is 20.9. The van der Waals surface area contributed by atoms with Crippen LogP contribution >= 0.6 is 0 Å². The third kappa shape index (κ3) is 3.02. The maximum Gasteiger partial charge on any atom is 0.233 e. The lowest BCUT2D eigenvalue weighted by molar-refractivity contribution is -0.120. The van der Waals surface area contributed by atoms with Crippen molar-refractivity contribution in [2.24, 2.45) is 5.41 Å². The van der Waals surface area contributed by atoms with Gasteiger partial charge in [0.05, 0.1) is 23.2 Å². The summed E-state index contributed by atoms with van der Waals surface area (Å²) in [7, 11) is 0. The third-order valence-electron chi connectivity index (χ3n) is 6.62. The second-order valence-corrected chi connectivity index (χ2v) is 8.79. The van der Waals surface area contributed by atoms with Gasteiger partial charge in [-0.3, -0.25) is 0 Å². The third-order valence-corrected chi connectivity index (χ3v) is 6.62. The number of aromatic nitrogens is 4. The molecule has 1 aromatic carbocycles. The van der Waals surface area contributed by atoms with Crippen LogP contribution in [-0.4, -0.2) is 49.2 Å². The van der Waals surface area contributed by atoms with Crippen molar-refractivity contribution in [2.45, 2.75) is 44.5 Å². The van der Waals surface area contributed by atoms with Crippen molar-refractivity contribution in [3.05, 3.63) is 49.1 Å². The molecule has 2 bridgehead atoms. The number of phenols is 1. The minimum Gasteiger partial charge on any atom is -0.507 e. The quantitative estimate of drug-likeness (QED) is 0.688. The molecule has 4 atom stereocenters. The Morgan fingerprint density at radius 2 is 2.07 bits per heavy atom. The number of imidazole rings is 1. The van der Waals surface area contributed by atoms with Gasteiger partial charge >= 0.3 is 0 Å². The fourth-order valence-electron chi connectivity index (χ4n) is 4.46. The zero-order valence-electron chi connectivity index (χ0n) is 16.9. The Morgan fingerprint density at radius 1 is 1.20 bits per heavy atom. The van der Waals surface area contributed by atoms with E-state index in [4.69, 9.17) is 4.74 Å². The van der Waals surface area contributed by atoms with Crippen molar-refractivity contribution in [3.63, 3.8) is 0 Å². The maximum absolute atomic E-state index is 15.1. The van der Waals surface area contributed by atoms with E-state index in [1.807, 2.05) is 13.0 Å². The molecule has 4 heterocycles. The van der Waals surface area contributed by atoms with Gasteiger partial charge in [-0.05, 0) is 38.0 Å². The van der Waals surface area contributed by atoms with Crippen LogP contribution in [0.15, 0.2) is 49.1 Å². The molecule has 1 saturated carbocycles. The Balaban J connectivity index is 1.36. The number of nitrogens with one attached hydrogen (secondary N) is 1. The molecular weight excluding hydrogens is 385 g/mol. The van der Waals surface area contributed by atoms with Crippen molar-refractivity contribution < 1.29 is 14.2 Å². The molecule has 7 nitrogen and oxygen atoms in total. The van der Waals surface area contributed by atoms with Gasteiger partial charge in [0.2, 0.25) is 5.88 Å². The summed E-state index contributed by atoms with van der Waals surface area (Å²) in [5.74, 6) is 0.377. The van der Waals surface area contributed by atoms with Crippen LogP contribution in [0.5, 0.6) is 11.6 Å². The Hall–Kier alpha value is -3.00. The summed E-state index contributed by atoms with van der Waals surface area (Å²) >= 11 is 0. The van der Waals surface area contributed by atoms with Gasteiger partial charge in [-0.15, -0.1) is 10.2 Å². The van der Waals surface area contributed by atoms with Crippen LogP contribution < -0.4 is 10.1 Å². The number of rotatable bonds is 4. The van der Waals surface area contributed by atoms with Crippen molar-refractivity contribution >= 4 is 0 Å². The van der Waals surface area contributed by atoms with E-state index in [2.05, 4.69) is 27.4 Å². The first-order valence-electron chi connectivity index (χ1n) is 10.1. The van der Waals surface area contributed by atoms with E-state index in [1.54, 1.807) is 47.6 Å². The molecule has 3 aliphatic rings. The fourth-order valence-corrected chi connectivity index (χ4v) is 4.46. The summed E-state index contributed by atoms with van der Waals surface area (Å²) in [6.45, 7) is 4.69. The molecule has 1 aliphatic carbocycles. The molecule has 8 heteroatoms. The average molecular weight is 409 g/mol. The topological polar surface area (TPSA) is 85.1 Å². The van der Waals surface area contributed by atoms with Gasteiger partial charge < -0.3 is 19.7 Å². The first-order chi connectivity index (χ1) is 14.4. The van der Waals surface area contributed by atoms with Crippen LogP contribution in [-0.2, 0) is 0 Å². The molecule has 3 aromatic rings. The van der Waals surface area contributed by atoms with Gasteiger partial charge in [-0.25, -0.2) is 9.37 Å². The molecule has 2 saturated heterocycles. The Kier molecular flexibility index (Phi) is 4.28. The number of halogens is 1. The molecule has 3 fully saturated rings. The predicted octanol–water partition coefficient (Wildman–Crippen LogP) is 3.28. The molecule has 0 radical (unpaired) electrons. The van der Waals surface area contributed by atoms with E-state index >= 15 is 4.39 Å². The highest BCUT2D eigenvalue weighted by molar-refractivity contribution is 5.68. The van der Waals surface area contributed by atoms with E-state index in [-0.39, 0.29) is 11.2 Å². The van der Waals surface area contributed by atoms with Crippen molar-refractivity contribution in [3.8, 4) is 28.6 Å². The van der Waals surface area contributed by atoms with E-state index in [0.717, 1.165) is 25.1 Å². The first kappa shape index (κ1) is 19.0. The highest BCUT2D eigenvalue weighted by atomic mass is 19.1. The van der Waals surface area contributed by atoms with Crippen LogP contribution in [0, 0.1) is 5.41 Å². The number of nitrogens with zero attached hydrogens (tertiary/aromatic N) is 4. The minimum absolute atomic E-state index is 0.0871. The zero-order valence-corrected chi connectivity index (χ0v) is 16.9. The lowest BCUT2D eigenvalue weighted by Gasteiger charge is -2.56. The number of benzene rings is 1. The van der Waals surface area contributed by atoms with Crippen LogP contribution in [0.1, 0.15) is 26.7 Å². The number of alkyl halides is 1. The second-order valence-electron chi connectivity index (χ2n) is 8.79. The van der Waals surface area contributed by atoms with E-state index < -0.39 is 17.8 Å². The lowest BCUT2D eigenvalue weighted by Crippen LogP contribution is -2.72. The normalized spacial score (nSPS) is 30.4. The second kappa shape index (κ2) is 6.77. The lowest BCUT2D eigenvalue weighted by atomic mass is 9.61. The molecule has 0 spiro atoms. The molecule has 6 rings (SSSR count). The SMILES string of the molecule is C[C@]12CC[C@](C)(NC1)[C@H](F)[C@H]2Oc1ccc(-c2ccc(-n3ccnc3)cc2O)nn1. The van der Waals surface area contributed by atoms with Gasteiger partial charge in [0.1, 0.15) is 11.9 Å². The smallest absolute Gasteiger partial charge is 0.233 e. The molecule has 2 aromatic heterocycles. The maximum atomic E-state index is 15.1. The van der Waals surface area contributed by atoms with Crippen LogP contribution in [0.4, 0.5) is 4.39 Å². The van der Waals surface area contributed by atoms with Gasteiger partial charge in [0, 0.05) is 42.0 Å². The van der Waals surface area contributed by atoms with Crippen LogP contribution in [0.25, 0.3) is 16.9 Å². The van der Waals surface area contributed by atoms with Gasteiger partial charge in [-0.1, -0.05) is 6.92 Å². The Labute approximate surface area is 173 Å².